The molecule has 0 N–H and O–H groups in total. The van der Waals surface area contributed by atoms with Crippen molar-refractivity contribution in [1.29, 1.82) is 0 Å². The van der Waals surface area contributed by atoms with Crippen LogP contribution in [-0.2, 0) is 13.6 Å². The molecule has 0 atom stereocenters. The van der Waals surface area contributed by atoms with E-state index in [0.29, 0.717) is 5.69 Å². The molecule has 5 nitrogen and oxygen atoms in total. The highest BCUT2D eigenvalue weighted by atomic mass is 16.1. The first-order chi connectivity index (χ1) is 9.15. The number of aromatic nitrogens is 4. The number of rotatable bonds is 2. The summed E-state index contributed by atoms with van der Waals surface area (Å²) in [5, 5.41) is 0. The van der Waals surface area contributed by atoms with Crippen LogP contribution in [0.1, 0.15) is 11.3 Å². The Labute approximate surface area is 110 Å². The molecule has 1 aromatic carbocycles. The maximum Gasteiger partial charge on any atom is 0.272 e. The Morgan fingerprint density at radius 3 is 2.89 bits per heavy atom. The van der Waals surface area contributed by atoms with E-state index in [1.165, 1.54) is 0 Å². The van der Waals surface area contributed by atoms with E-state index in [-0.39, 0.29) is 5.56 Å². The van der Waals surface area contributed by atoms with E-state index in [9.17, 15) is 4.79 Å². The van der Waals surface area contributed by atoms with Gasteiger partial charge in [0.05, 0.1) is 17.4 Å². The van der Waals surface area contributed by atoms with Crippen LogP contribution in [0.5, 0.6) is 0 Å². The highest BCUT2D eigenvalue weighted by molar-refractivity contribution is 5.75. The van der Waals surface area contributed by atoms with Crippen LogP contribution in [0.3, 0.4) is 0 Å². The van der Waals surface area contributed by atoms with E-state index in [0.717, 1.165) is 23.1 Å². The van der Waals surface area contributed by atoms with Crippen LogP contribution < -0.4 is 5.56 Å². The summed E-state index contributed by atoms with van der Waals surface area (Å²) in [4.78, 5) is 20.2. The van der Waals surface area contributed by atoms with Gasteiger partial charge >= 0.3 is 0 Å². The fourth-order valence-electron chi connectivity index (χ4n) is 2.20. The quantitative estimate of drug-likeness (QED) is 0.696. The molecule has 3 rings (SSSR count). The molecule has 0 unspecified atom stereocenters. The van der Waals surface area contributed by atoms with Gasteiger partial charge in [-0.1, -0.05) is 6.07 Å². The van der Waals surface area contributed by atoms with E-state index < -0.39 is 0 Å². The lowest BCUT2D eigenvalue weighted by atomic mass is 10.2. The van der Waals surface area contributed by atoms with Gasteiger partial charge in [-0.15, -0.1) is 0 Å². The first kappa shape index (κ1) is 11.6. The summed E-state index contributed by atoms with van der Waals surface area (Å²) in [6.45, 7) is 2.47. The highest BCUT2D eigenvalue weighted by Gasteiger charge is 2.06. The van der Waals surface area contributed by atoms with Crippen LogP contribution in [0.2, 0.25) is 0 Å². The number of hydrogen-bond donors (Lipinski definition) is 0. The molecule has 0 amide bonds. The molecule has 0 aliphatic rings. The van der Waals surface area contributed by atoms with Gasteiger partial charge in [0, 0.05) is 26.0 Å². The molecule has 2 aromatic heterocycles. The smallest absolute Gasteiger partial charge is 0.272 e. The molecule has 5 heteroatoms. The maximum atomic E-state index is 11.9. The van der Waals surface area contributed by atoms with Gasteiger partial charge in [0.15, 0.2) is 0 Å². The van der Waals surface area contributed by atoms with Crippen molar-refractivity contribution in [3.63, 3.8) is 0 Å². The van der Waals surface area contributed by atoms with Crippen molar-refractivity contribution in [2.75, 3.05) is 0 Å². The van der Waals surface area contributed by atoms with Gasteiger partial charge in [-0.25, -0.2) is 9.97 Å². The van der Waals surface area contributed by atoms with Gasteiger partial charge in [0.1, 0.15) is 5.69 Å². The summed E-state index contributed by atoms with van der Waals surface area (Å²) < 4.78 is 3.63. The van der Waals surface area contributed by atoms with Crippen molar-refractivity contribution >= 4 is 11.0 Å². The fourth-order valence-corrected chi connectivity index (χ4v) is 2.20. The third kappa shape index (κ3) is 2.03. The summed E-state index contributed by atoms with van der Waals surface area (Å²) >= 11 is 0. The Morgan fingerprint density at radius 2 is 2.16 bits per heavy atom. The van der Waals surface area contributed by atoms with Crippen molar-refractivity contribution < 1.29 is 0 Å². The van der Waals surface area contributed by atoms with Gasteiger partial charge < -0.3 is 9.13 Å². The molecule has 19 heavy (non-hydrogen) atoms. The third-order valence-corrected chi connectivity index (χ3v) is 3.23. The number of hydrogen-bond acceptors (Lipinski definition) is 3. The Hall–Kier alpha value is -2.43. The fraction of sp³-hybridized carbons (Fsp3) is 0.214. The Morgan fingerprint density at radius 1 is 1.32 bits per heavy atom. The van der Waals surface area contributed by atoms with Crippen molar-refractivity contribution in [2.45, 2.75) is 13.5 Å². The zero-order valence-electron chi connectivity index (χ0n) is 10.9. The second-order valence-corrected chi connectivity index (χ2v) is 4.62. The average molecular weight is 254 g/mol. The molecular weight excluding hydrogens is 240 g/mol. The van der Waals surface area contributed by atoms with Crippen LogP contribution in [0.4, 0.5) is 0 Å². The summed E-state index contributed by atoms with van der Waals surface area (Å²) in [7, 11) is 1.78. The minimum absolute atomic E-state index is 0.0488. The molecule has 0 bridgehead atoms. The van der Waals surface area contributed by atoms with Crippen molar-refractivity contribution in [3.8, 4) is 0 Å². The molecule has 96 valence electrons. The number of imidazole rings is 1. The third-order valence-electron chi connectivity index (χ3n) is 3.23. The lowest BCUT2D eigenvalue weighted by Crippen LogP contribution is -2.21. The minimum Gasteiger partial charge on any atom is -0.333 e. The van der Waals surface area contributed by atoms with Crippen molar-refractivity contribution in [2.24, 2.45) is 7.05 Å². The van der Waals surface area contributed by atoms with Gasteiger partial charge in [-0.05, 0) is 24.6 Å². The largest absolute Gasteiger partial charge is 0.333 e. The summed E-state index contributed by atoms with van der Waals surface area (Å²) in [6, 6.07) is 5.98. The molecular formula is C14H14N4O. The SMILES string of the molecule is Cc1nc2ccc(Cn3ccnc3)cc2n(C)c1=O. The Kier molecular flexibility index (Phi) is 2.67. The number of fused-ring (bicyclic) bond motifs is 1. The maximum absolute atomic E-state index is 11.9. The Bertz CT molecular complexity index is 787. The Balaban J connectivity index is 2.12. The predicted octanol–water partition coefficient (Wildman–Crippen LogP) is 1.49. The minimum atomic E-state index is -0.0488. The standard InChI is InChI=1S/C14H14N4O/c1-10-14(19)17(2)13-7-11(3-4-12(13)16-10)8-18-6-5-15-9-18/h3-7,9H,8H2,1-2H3. The van der Waals surface area contributed by atoms with Gasteiger partial charge in [-0.3, -0.25) is 4.79 Å². The summed E-state index contributed by atoms with van der Waals surface area (Å²) in [5.74, 6) is 0. The zero-order chi connectivity index (χ0) is 13.4. The molecule has 2 heterocycles. The second kappa shape index (κ2) is 4.35. The lowest BCUT2D eigenvalue weighted by molar-refractivity contribution is 0.795. The number of aryl methyl sites for hydroxylation is 2. The van der Waals surface area contributed by atoms with E-state index in [1.807, 2.05) is 29.0 Å². The number of benzene rings is 1. The van der Waals surface area contributed by atoms with E-state index in [4.69, 9.17) is 0 Å². The average Bonchev–Trinajstić information content (AvgIpc) is 2.90. The lowest BCUT2D eigenvalue weighted by Gasteiger charge is -2.08. The van der Waals surface area contributed by atoms with Crippen LogP contribution in [0.25, 0.3) is 11.0 Å². The molecule has 0 saturated heterocycles. The van der Waals surface area contributed by atoms with Crippen molar-refractivity contribution in [3.05, 3.63) is 58.5 Å². The topological polar surface area (TPSA) is 52.7 Å². The van der Waals surface area contributed by atoms with Crippen LogP contribution in [0, 0.1) is 6.92 Å². The normalized spacial score (nSPS) is 11.1. The van der Waals surface area contributed by atoms with E-state index in [1.54, 1.807) is 31.1 Å². The van der Waals surface area contributed by atoms with E-state index >= 15 is 0 Å². The number of nitrogens with zero attached hydrogens (tertiary/aromatic N) is 4. The second-order valence-electron chi connectivity index (χ2n) is 4.62. The molecule has 0 aliphatic heterocycles. The van der Waals surface area contributed by atoms with E-state index in [2.05, 4.69) is 9.97 Å². The predicted molar refractivity (Wildman–Crippen MR) is 73.1 cm³/mol. The highest BCUT2D eigenvalue weighted by Crippen LogP contribution is 2.13. The monoisotopic (exact) mass is 254 g/mol. The first-order valence-corrected chi connectivity index (χ1v) is 6.07. The molecule has 0 saturated carbocycles. The molecule has 3 aromatic rings. The molecule has 0 spiro atoms. The van der Waals surface area contributed by atoms with Crippen LogP contribution in [-0.4, -0.2) is 19.1 Å². The summed E-state index contributed by atoms with van der Waals surface area (Å²) in [5.41, 5.74) is 3.29. The molecule has 0 radical (unpaired) electrons. The van der Waals surface area contributed by atoms with Gasteiger partial charge in [0.25, 0.3) is 5.56 Å². The first-order valence-electron chi connectivity index (χ1n) is 6.07. The van der Waals surface area contributed by atoms with Crippen LogP contribution in [0.15, 0.2) is 41.7 Å². The van der Waals surface area contributed by atoms with Gasteiger partial charge in [-0.2, -0.15) is 0 Å². The summed E-state index contributed by atoms with van der Waals surface area (Å²) in [6.07, 6.45) is 5.44. The van der Waals surface area contributed by atoms with Crippen molar-refractivity contribution in [1.82, 2.24) is 19.1 Å². The van der Waals surface area contributed by atoms with Crippen LogP contribution >= 0.6 is 0 Å². The molecule has 0 fully saturated rings. The zero-order valence-corrected chi connectivity index (χ0v) is 10.9. The molecule has 0 aliphatic carbocycles. The van der Waals surface area contributed by atoms with Gasteiger partial charge in [0.2, 0.25) is 0 Å².